The van der Waals surface area contributed by atoms with Gasteiger partial charge in [0, 0.05) is 0 Å². The number of rotatable bonds is 2. The van der Waals surface area contributed by atoms with Crippen molar-refractivity contribution < 1.29 is 19.7 Å². The third kappa shape index (κ3) is 2.46. The van der Waals surface area contributed by atoms with Gasteiger partial charge in [0.25, 0.3) is 0 Å². The third-order valence-electron chi connectivity index (χ3n) is 3.57. The van der Waals surface area contributed by atoms with E-state index in [9.17, 15) is 15.0 Å². The summed E-state index contributed by atoms with van der Waals surface area (Å²) in [5.41, 5.74) is 2.22. The topological polar surface area (TPSA) is 66.8 Å². The van der Waals surface area contributed by atoms with Gasteiger partial charge in [-0.3, -0.25) is 0 Å². The summed E-state index contributed by atoms with van der Waals surface area (Å²) in [6, 6.07) is 15.8. The summed E-state index contributed by atoms with van der Waals surface area (Å²) in [4.78, 5) is 11.5. The first-order valence-corrected chi connectivity index (χ1v) is 6.73. The van der Waals surface area contributed by atoms with E-state index < -0.39 is 0 Å². The summed E-state index contributed by atoms with van der Waals surface area (Å²) in [6.45, 7) is 0. The van der Waals surface area contributed by atoms with Crippen molar-refractivity contribution in [3.8, 4) is 22.6 Å². The SMILES string of the molecule is COC(=O)c1ccc2cc(-c3ccc(O)c(O)c3)ccc2c1. The molecule has 0 aliphatic rings. The number of carbonyl (C=O) groups excluding carboxylic acids is 1. The van der Waals surface area contributed by atoms with E-state index in [2.05, 4.69) is 0 Å². The zero-order chi connectivity index (χ0) is 15.7. The van der Waals surface area contributed by atoms with Gasteiger partial charge in [-0.1, -0.05) is 24.3 Å². The molecule has 2 N–H and O–H groups in total. The van der Waals surface area contributed by atoms with Crippen molar-refractivity contribution in [2.45, 2.75) is 0 Å². The molecule has 3 rings (SSSR count). The van der Waals surface area contributed by atoms with Gasteiger partial charge in [0.05, 0.1) is 12.7 Å². The molecule has 0 unspecified atom stereocenters. The lowest BCUT2D eigenvalue weighted by Gasteiger charge is -2.07. The molecule has 0 saturated carbocycles. The minimum Gasteiger partial charge on any atom is -0.504 e. The Morgan fingerprint density at radius 1 is 0.818 bits per heavy atom. The highest BCUT2D eigenvalue weighted by Crippen LogP contribution is 2.32. The Balaban J connectivity index is 2.06. The molecule has 0 aliphatic heterocycles. The molecule has 22 heavy (non-hydrogen) atoms. The van der Waals surface area contributed by atoms with E-state index in [1.54, 1.807) is 18.2 Å². The van der Waals surface area contributed by atoms with E-state index in [0.29, 0.717) is 5.56 Å². The number of aromatic hydroxyl groups is 2. The van der Waals surface area contributed by atoms with E-state index in [1.165, 1.54) is 19.2 Å². The lowest BCUT2D eigenvalue weighted by molar-refractivity contribution is 0.0601. The summed E-state index contributed by atoms with van der Waals surface area (Å²) < 4.78 is 4.71. The predicted molar refractivity (Wildman–Crippen MR) is 84.1 cm³/mol. The molecule has 0 spiro atoms. The number of phenols is 2. The van der Waals surface area contributed by atoms with Gasteiger partial charge in [0.2, 0.25) is 0 Å². The molecule has 0 aromatic heterocycles. The van der Waals surface area contributed by atoms with E-state index >= 15 is 0 Å². The molecule has 0 fully saturated rings. The molecule has 0 amide bonds. The van der Waals surface area contributed by atoms with Crippen LogP contribution in [-0.4, -0.2) is 23.3 Å². The molecule has 0 aliphatic carbocycles. The van der Waals surface area contributed by atoms with Crippen LogP contribution in [0.1, 0.15) is 10.4 Å². The van der Waals surface area contributed by atoms with Gasteiger partial charge in [-0.05, 0) is 52.2 Å². The van der Waals surface area contributed by atoms with Crippen LogP contribution in [0.2, 0.25) is 0 Å². The highest BCUT2D eigenvalue weighted by molar-refractivity contribution is 5.96. The molecule has 3 aromatic carbocycles. The van der Waals surface area contributed by atoms with Gasteiger partial charge in [0.1, 0.15) is 0 Å². The molecule has 4 heteroatoms. The first-order valence-electron chi connectivity index (χ1n) is 6.73. The van der Waals surface area contributed by atoms with E-state index in [4.69, 9.17) is 4.74 Å². The van der Waals surface area contributed by atoms with Gasteiger partial charge < -0.3 is 14.9 Å². The Kier molecular flexibility index (Phi) is 3.43. The van der Waals surface area contributed by atoms with Crippen LogP contribution in [0.4, 0.5) is 0 Å². The van der Waals surface area contributed by atoms with Crippen LogP contribution < -0.4 is 0 Å². The molecule has 0 atom stereocenters. The number of fused-ring (bicyclic) bond motifs is 1. The highest BCUT2D eigenvalue weighted by Gasteiger charge is 2.08. The molecular weight excluding hydrogens is 280 g/mol. The number of hydrogen-bond acceptors (Lipinski definition) is 4. The summed E-state index contributed by atoms with van der Waals surface area (Å²) in [5.74, 6) is -0.666. The minimum atomic E-state index is -0.366. The second-order valence-corrected chi connectivity index (χ2v) is 4.97. The molecular formula is C18H14O4. The average molecular weight is 294 g/mol. The Labute approximate surface area is 127 Å². The van der Waals surface area contributed by atoms with Crippen LogP contribution in [0.25, 0.3) is 21.9 Å². The van der Waals surface area contributed by atoms with Crippen LogP contribution in [0, 0.1) is 0 Å². The fourth-order valence-electron chi connectivity index (χ4n) is 2.37. The maximum Gasteiger partial charge on any atom is 0.337 e. The van der Waals surface area contributed by atoms with Crippen LogP contribution in [0.15, 0.2) is 54.6 Å². The van der Waals surface area contributed by atoms with E-state index in [1.807, 2.05) is 24.3 Å². The number of esters is 1. The summed E-state index contributed by atoms with van der Waals surface area (Å²) in [7, 11) is 1.35. The predicted octanol–water partition coefficient (Wildman–Crippen LogP) is 3.70. The molecule has 0 radical (unpaired) electrons. The second-order valence-electron chi connectivity index (χ2n) is 4.97. The Morgan fingerprint density at radius 3 is 2.18 bits per heavy atom. The fourth-order valence-corrected chi connectivity index (χ4v) is 2.37. The molecule has 0 bridgehead atoms. The molecule has 4 nitrogen and oxygen atoms in total. The number of methoxy groups -OCH3 is 1. The van der Waals surface area contributed by atoms with Crippen molar-refractivity contribution in [3.63, 3.8) is 0 Å². The monoisotopic (exact) mass is 294 g/mol. The highest BCUT2D eigenvalue weighted by atomic mass is 16.5. The zero-order valence-corrected chi connectivity index (χ0v) is 11.9. The van der Waals surface area contributed by atoms with Crippen molar-refractivity contribution in [2.75, 3.05) is 7.11 Å². The van der Waals surface area contributed by atoms with Gasteiger partial charge in [0.15, 0.2) is 11.5 Å². The van der Waals surface area contributed by atoms with Crippen molar-refractivity contribution in [3.05, 3.63) is 60.2 Å². The molecule has 3 aromatic rings. The summed E-state index contributed by atoms with van der Waals surface area (Å²) in [5, 5.41) is 20.9. The van der Waals surface area contributed by atoms with Crippen LogP contribution in [0.3, 0.4) is 0 Å². The number of benzene rings is 3. The van der Waals surface area contributed by atoms with Gasteiger partial charge >= 0.3 is 5.97 Å². The third-order valence-corrected chi connectivity index (χ3v) is 3.57. The van der Waals surface area contributed by atoms with Crippen LogP contribution >= 0.6 is 0 Å². The summed E-state index contributed by atoms with van der Waals surface area (Å²) in [6.07, 6.45) is 0. The molecule has 110 valence electrons. The smallest absolute Gasteiger partial charge is 0.337 e. The summed E-state index contributed by atoms with van der Waals surface area (Å²) >= 11 is 0. The largest absolute Gasteiger partial charge is 0.504 e. The molecule has 0 heterocycles. The minimum absolute atomic E-state index is 0.146. The maximum absolute atomic E-state index is 11.5. The standard InChI is InChI=1S/C18H14O4/c1-22-18(21)15-5-4-11-8-12(2-3-13(11)9-15)14-6-7-16(19)17(20)10-14/h2-10,19-20H,1H3. The van der Waals surface area contributed by atoms with Crippen molar-refractivity contribution >= 4 is 16.7 Å². The number of carbonyl (C=O) groups is 1. The van der Waals surface area contributed by atoms with Crippen molar-refractivity contribution in [1.82, 2.24) is 0 Å². The van der Waals surface area contributed by atoms with Gasteiger partial charge in [-0.15, -0.1) is 0 Å². The van der Waals surface area contributed by atoms with Crippen LogP contribution in [-0.2, 0) is 4.74 Å². The number of phenolic OH excluding ortho intramolecular Hbond substituents is 2. The van der Waals surface area contributed by atoms with Gasteiger partial charge in [-0.25, -0.2) is 4.79 Å². The van der Waals surface area contributed by atoms with E-state index in [0.717, 1.165) is 21.9 Å². The fraction of sp³-hybridized carbons (Fsp3) is 0.0556. The number of ether oxygens (including phenoxy) is 1. The quantitative estimate of drug-likeness (QED) is 0.558. The Hall–Kier alpha value is -3.01. The zero-order valence-electron chi connectivity index (χ0n) is 11.9. The lowest BCUT2D eigenvalue weighted by Crippen LogP contribution is -2.00. The first-order chi connectivity index (χ1) is 10.6. The van der Waals surface area contributed by atoms with Crippen LogP contribution in [0.5, 0.6) is 11.5 Å². The second kappa shape index (κ2) is 5.41. The van der Waals surface area contributed by atoms with Crippen molar-refractivity contribution in [1.29, 1.82) is 0 Å². The van der Waals surface area contributed by atoms with Gasteiger partial charge in [-0.2, -0.15) is 0 Å². The Morgan fingerprint density at radius 2 is 1.45 bits per heavy atom. The normalized spacial score (nSPS) is 10.6. The van der Waals surface area contributed by atoms with E-state index in [-0.39, 0.29) is 17.5 Å². The lowest BCUT2D eigenvalue weighted by atomic mass is 9.99. The number of hydrogen-bond donors (Lipinski definition) is 2. The van der Waals surface area contributed by atoms with Crippen molar-refractivity contribution in [2.24, 2.45) is 0 Å². The maximum atomic E-state index is 11.5. The first kappa shape index (κ1) is 13.9. The average Bonchev–Trinajstić information content (AvgIpc) is 2.55. The molecule has 0 saturated heterocycles. The Bertz CT molecular complexity index is 868.